The third-order valence-corrected chi connectivity index (χ3v) is 11.7. The van der Waals surface area contributed by atoms with Gasteiger partial charge in [0.05, 0.1) is 27.8 Å². The Kier molecular flexibility index (Phi) is 6.63. The van der Waals surface area contributed by atoms with Gasteiger partial charge < -0.3 is 4.57 Å². The Balaban J connectivity index is 1.12. The Morgan fingerprint density at radius 2 is 0.804 bits per heavy atom. The molecule has 0 radical (unpaired) electrons. The highest BCUT2D eigenvalue weighted by atomic mass is 15.1. The minimum absolute atomic E-state index is 0.896. The number of hydrogen-bond acceptors (Lipinski definition) is 1. The first kappa shape index (κ1) is 30.9. The molecule has 3 heterocycles. The van der Waals surface area contributed by atoms with Gasteiger partial charge in [-0.05, 0) is 79.8 Å². The third-order valence-electron chi connectivity index (χ3n) is 11.7. The van der Waals surface area contributed by atoms with Gasteiger partial charge in [-0.15, -0.1) is 0 Å². The van der Waals surface area contributed by atoms with Crippen LogP contribution in [0.25, 0.3) is 110 Å². The molecule has 12 rings (SSSR count). The highest BCUT2D eigenvalue weighted by molar-refractivity contribution is 6.28. The van der Waals surface area contributed by atoms with E-state index >= 15 is 0 Å². The van der Waals surface area contributed by atoms with Crippen LogP contribution in [0.2, 0.25) is 0 Å². The molecule has 9 aromatic carbocycles. The average molecular weight is 712 g/mol. The lowest BCUT2D eigenvalue weighted by Crippen LogP contribution is -2.01. The molecule has 0 N–H and O–H groups in total. The molecule has 0 amide bonds. The summed E-state index contributed by atoms with van der Waals surface area (Å²) in [5, 5.41) is 12.6. The molecule has 0 bridgehead atoms. The van der Waals surface area contributed by atoms with Gasteiger partial charge in [-0.2, -0.15) is 0 Å². The monoisotopic (exact) mass is 711 g/mol. The standard InChI is InChI=1S/C53H33N3/c1-2-14-35(15-3-1)47-24-13-27-50(54-47)56-49-26-11-9-20-42(49)46-33-32-45-41-19-8-10-25-48(41)55(52(45)53(46)56)36-30-28-34(29-31-36)37-22-12-23-44-40-17-5-4-16-38(40)39-18-6-7-21-43(39)51(37)44/h1-33H. The SMILES string of the molecule is c1ccc(-c2cccc(-n3c4ccccc4c4ccc5c6ccccc6n(-c6ccc(-c7cccc8c9ccccc9c9ccccc9c78)cc6)c5c43)n2)cc1. The average Bonchev–Trinajstić information content (AvgIpc) is 3.80. The van der Waals surface area contributed by atoms with Crippen LogP contribution in [0.1, 0.15) is 0 Å². The summed E-state index contributed by atoms with van der Waals surface area (Å²) in [5.41, 5.74) is 10.2. The summed E-state index contributed by atoms with van der Waals surface area (Å²) in [6.45, 7) is 0. The Bertz CT molecular complexity index is 3470. The lowest BCUT2D eigenvalue weighted by atomic mass is 9.89. The van der Waals surface area contributed by atoms with Gasteiger partial charge in [-0.3, -0.25) is 4.57 Å². The number of hydrogen-bond donors (Lipinski definition) is 0. The fourth-order valence-electron chi connectivity index (χ4n) is 9.31. The first-order valence-corrected chi connectivity index (χ1v) is 19.2. The van der Waals surface area contributed by atoms with Crippen molar-refractivity contribution in [2.45, 2.75) is 0 Å². The van der Waals surface area contributed by atoms with Crippen molar-refractivity contribution in [3.63, 3.8) is 0 Å². The zero-order valence-electron chi connectivity index (χ0n) is 30.4. The zero-order chi connectivity index (χ0) is 36.7. The molecule has 0 atom stereocenters. The number of benzene rings is 9. The molecule has 260 valence electrons. The lowest BCUT2D eigenvalue weighted by molar-refractivity contribution is 1.08. The van der Waals surface area contributed by atoms with E-state index in [0.717, 1.165) is 33.8 Å². The maximum Gasteiger partial charge on any atom is 0.138 e. The van der Waals surface area contributed by atoms with Crippen LogP contribution >= 0.6 is 0 Å². The first-order valence-electron chi connectivity index (χ1n) is 19.2. The van der Waals surface area contributed by atoms with Crippen molar-refractivity contribution in [1.29, 1.82) is 0 Å². The van der Waals surface area contributed by atoms with Crippen LogP contribution in [0.15, 0.2) is 200 Å². The van der Waals surface area contributed by atoms with E-state index in [4.69, 9.17) is 4.98 Å². The Hall–Kier alpha value is -7.49. The van der Waals surface area contributed by atoms with Gasteiger partial charge in [0.25, 0.3) is 0 Å². The van der Waals surface area contributed by atoms with E-state index < -0.39 is 0 Å². The molecule has 0 saturated heterocycles. The van der Waals surface area contributed by atoms with Crippen molar-refractivity contribution in [3.8, 4) is 33.9 Å². The van der Waals surface area contributed by atoms with Crippen molar-refractivity contribution >= 4 is 75.9 Å². The largest absolute Gasteiger partial charge is 0.307 e. The molecule has 0 saturated carbocycles. The second-order valence-electron chi connectivity index (χ2n) is 14.7. The Morgan fingerprint density at radius 1 is 0.304 bits per heavy atom. The summed E-state index contributed by atoms with van der Waals surface area (Å²) in [7, 11) is 0. The van der Waals surface area contributed by atoms with Gasteiger partial charge in [0.2, 0.25) is 0 Å². The topological polar surface area (TPSA) is 22.8 Å². The van der Waals surface area contributed by atoms with E-state index in [2.05, 4.69) is 203 Å². The maximum absolute atomic E-state index is 5.31. The summed E-state index contributed by atoms with van der Waals surface area (Å²) in [5.74, 6) is 0.896. The highest BCUT2D eigenvalue weighted by Gasteiger charge is 2.22. The number of nitrogens with zero attached hydrogens (tertiary/aromatic N) is 3. The van der Waals surface area contributed by atoms with Crippen LogP contribution in [-0.2, 0) is 0 Å². The van der Waals surface area contributed by atoms with Gasteiger partial charge in [0, 0.05) is 32.8 Å². The second-order valence-corrected chi connectivity index (χ2v) is 14.7. The molecule has 0 aliphatic heterocycles. The van der Waals surface area contributed by atoms with Crippen LogP contribution in [0.3, 0.4) is 0 Å². The third kappa shape index (κ3) is 4.43. The van der Waals surface area contributed by atoms with E-state index in [0.29, 0.717) is 0 Å². The second kappa shape index (κ2) is 12.0. The summed E-state index contributed by atoms with van der Waals surface area (Å²) < 4.78 is 4.83. The molecule has 0 spiro atoms. The van der Waals surface area contributed by atoms with Crippen molar-refractivity contribution in [2.24, 2.45) is 0 Å². The summed E-state index contributed by atoms with van der Waals surface area (Å²) in [4.78, 5) is 5.31. The minimum atomic E-state index is 0.896. The van der Waals surface area contributed by atoms with E-state index in [-0.39, 0.29) is 0 Å². The maximum atomic E-state index is 5.31. The molecule has 12 aromatic rings. The van der Waals surface area contributed by atoms with Crippen molar-refractivity contribution in [1.82, 2.24) is 14.1 Å². The van der Waals surface area contributed by atoms with Crippen molar-refractivity contribution < 1.29 is 0 Å². The predicted molar refractivity (Wildman–Crippen MR) is 236 cm³/mol. The lowest BCUT2D eigenvalue weighted by Gasteiger charge is -2.15. The normalized spacial score (nSPS) is 11.9. The fraction of sp³-hybridized carbons (Fsp3) is 0. The number of para-hydroxylation sites is 2. The molecule has 3 nitrogen and oxygen atoms in total. The molecular weight excluding hydrogens is 679 g/mol. The number of aromatic nitrogens is 3. The van der Waals surface area contributed by atoms with E-state index in [1.54, 1.807) is 0 Å². The molecule has 0 aliphatic carbocycles. The molecule has 3 heteroatoms. The molecule has 0 fully saturated rings. The van der Waals surface area contributed by atoms with E-state index in [9.17, 15) is 0 Å². The first-order chi connectivity index (χ1) is 27.8. The number of rotatable bonds is 4. The van der Waals surface area contributed by atoms with Crippen LogP contribution in [0, 0.1) is 0 Å². The van der Waals surface area contributed by atoms with Gasteiger partial charge in [0.15, 0.2) is 0 Å². The van der Waals surface area contributed by atoms with E-state index in [1.807, 2.05) is 6.07 Å². The zero-order valence-corrected chi connectivity index (χ0v) is 30.4. The molecule has 0 unspecified atom stereocenters. The summed E-state index contributed by atoms with van der Waals surface area (Å²) in [6, 6.07) is 72.5. The van der Waals surface area contributed by atoms with Crippen LogP contribution < -0.4 is 0 Å². The summed E-state index contributed by atoms with van der Waals surface area (Å²) >= 11 is 0. The molecular formula is C53H33N3. The Labute approximate surface area is 322 Å². The smallest absolute Gasteiger partial charge is 0.138 e. The number of pyridine rings is 1. The molecule has 0 aliphatic rings. The fourth-order valence-corrected chi connectivity index (χ4v) is 9.31. The van der Waals surface area contributed by atoms with Gasteiger partial charge in [-0.1, -0.05) is 164 Å². The van der Waals surface area contributed by atoms with Gasteiger partial charge >= 0.3 is 0 Å². The van der Waals surface area contributed by atoms with Crippen LogP contribution in [0.4, 0.5) is 0 Å². The molecule has 56 heavy (non-hydrogen) atoms. The highest BCUT2D eigenvalue weighted by Crippen LogP contribution is 2.43. The van der Waals surface area contributed by atoms with Gasteiger partial charge in [-0.25, -0.2) is 4.98 Å². The quantitative estimate of drug-likeness (QED) is 0.167. The van der Waals surface area contributed by atoms with Crippen molar-refractivity contribution in [2.75, 3.05) is 0 Å². The minimum Gasteiger partial charge on any atom is -0.307 e. The van der Waals surface area contributed by atoms with Crippen molar-refractivity contribution in [3.05, 3.63) is 200 Å². The van der Waals surface area contributed by atoms with E-state index in [1.165, 1.54) is 76.0 Å². The Morgan fingerprint density at radius 3 is 1.46 bits per heavy atom. The predicted octanol–water partition coefficient (Wildman–Crippen LogP) is 14.1. The molecule has 3 aromatic heterocycles. The number of fused-ring (bicyclic) bond motifs is 13. The van der Waals surface area contributed by atoms with Crippen LogP contribution in [0.5, 0.6) is 0 Å². The van der Waals surface area contributed by atoms with Gasteiger partial charge in [0.1, 0.15) is 5.82 Å². The van der Waals surface area contributed by atoms with Crippen LogP contribution in [-0.4, -0.2) is 14.1 Å². The summed E-state index contributed by atoms with van der Waals surface area (Å²) in [6.07, 6.45) is 0.